The summed E-state index contributed by atoms with van der Waals surface area (Å²) in [7, 11) is 0. The van der Waals surface area contributed by atoms with Crippen LogP contribution in [0.3, 0.4) is 0 Å². The molecule has 1 aromatic rings. The fourth-order valence-electron chi connectivity index (χ4n) is 1.97. The van der Waals surface area contributed by atoms with Crippen molar-refractivity contribution in [3.05, 3.63) is 23.3 Å². The maximum Gasteiger partial charge on any atom is 0.161 e. The number of benzene rings is 1. The third kappa shape index (κ3) is 2.35. The second-order valence-corrected chi connectivity index (χ2v) is 3.84. The maximum atomic E-state index is 5.89. The van der Waals surface area contributed by atoms with Crippen LogP contribution in [-0.4, -0.2) is 25.6 Å². The van der Waals surface area contributed by atoms with Crippen molar-refractivity contribution in [2.45, 2.75) is 20.3 Å². The monoisotopic (exact) mass is 234 g/mol. The molecule has 92 valence electrons. The Bertz CT molecular complexity index is 441. The summed E-state index contributed by atoms with van der Waals surface area (Å²) in [6, 6.07) is 3.95. The van der Waals surface area contributed by atoms with Crippen LogP contribution in [0.25, 0.3) is 0 Å². The first-order valence-electron chi connectivity index (χ1n) is 5.99. The highest BCUT2D eigenvalue weighted by Gasteiger charge is 2.16. The summed E-state index contributed by atoms with van der Waals surface area (Å²) in [6.07, 6.45) is 0.905. The molecule has 1 aromatic carbocycles. The van der Waals surface area contributed by atoms with Crippen LogP contribution in [0.15, 0.2) is 17.1 Å². The normalized spacial score (nSPS) is 13.9. The van der Waals surface area contributed by atoms with Crippen LogP contribution in [0.2, 0.25) is 0 Å². The highest BCUT2D eigenvalue weighted by Crippen LogP contribution is 2.32. The molecule has 0 amide bonds. The van der Waals surface area contributed by atoms with E-state index in [0.29, 0.717) is 19.0 Å². The van der Waals surface area contributed by atoms with Gasteiger partial charge in [-0.25, -0.2) is 0 Å². The SMILES string of the molecule is CCOc1cc2c(cc1OCC)C(N)=NCC2. The molecule has 4 nitrogen and oxygen atoms in total. The Morgan fingerprint density at radius 1 is 1.18 bits per heavy atom. The number of fused-ring (bicyclic) bond motifs is 1. The molecule has 0 fully saturated rings. The molecule has 1 aliphatic heterocycles. The average Bonchev–Trinajstić information content (AvgIpc) is 2.32. The minimum absolute atomic E-state index is 0.593. The van der Waals surface area contributed by atoms with Gasteiger partial charge in [0.2, 0.25) is 0 Å². The van der Waals surface area contributed by atoms with Gasteiger partial charge < -0.3 is 15.2 Å². The van der Waals surface area contributed by atoms with Gasteiger partial charge in [-0.15, -0.1) is 0 Å². The maximum absolute atomic E-state index is 5.89. The molecule has 17 heavy (non-hydrogen) atoms. The zero-order chi connectivity index (χ0) is 12.3. The van der Waals surface area contributed by atoms with Crippen molar-refractivity contribution in [1.29, 1.82) is 0 Å². The fraction of sp³-hybridized carbons (Fsp3) is 0.462. The van der Waals surface area contributed by atoms with Gasteiger partial charge in [0.05, 0.1) is 13.2 Å². The van der Waals surface area contributed by atoms with Crippen molar-refractivity contribution in [2.75, 3.05) is 19.8 Å². The molecule has 2 rings (SSSR count). The van der Waals surface area contributed by atoms with Gasteiger partial charge in [0.15, 0.2) is 11.5 Å². The summed E-state index contributed by atoms with van der Waals surface area (Å²) in [6.45, 7) is 5.90. The average molecular weight is 234 g/mol. The topological polar surface area (TPSA) is 56.8 Å². The summed E-state index contributed by atoms with van der Waals surface area (Å²) in [5.41, 5.74) is 8.05. The van der Waals surface area contributed by atoms with Crippen molar-refractivity contribution in [2.24, 2.45) is 10.7 Å². The summed E-state index contributed by atoms with van der Waals surface area (Å²) in [5, 5.41) is 0. The van der Waals surface area contributed by atoms with Crippen LogP contribution in [0.1, 0.15) is 25.0 Å². The Morgan fingerprint density at radius 3 is 2.47 bits per heavy atom. The Labute approximate surface area is 101 Å². The molecule has 0 bridgehead atoms. The largest absolute Gasteiger partial charge is 0.490 e. The fourth-order valence-corrected chi connectivity index (χ4v) is 1.97. The Balaban J connectivity index is 2.44. The van der Waals surface area contributed by atoms with E-state index in [1.165, 1.54) is 5.56 Å². The summed E-state index contributed by atoms with van der Waals surface area (Å²) < 4.78 is 11.2. The number of nitrogens with two attached hydrogens (primary N) is 1. The summed E-state index contributed by atoms with van der Waals surface area (Å²) in [5.74, 6) is 2.13. The van der Waals surface area contributed by atoms with Crippen molar-refractivity contribution in [1.82, 2.24) is 0 Å². The van der Waals surface area contributed by atoms with Gasteiger partial charge in [-0.2, -0.15) is 0 Å². The van der Waals surface area contributed by atoms with E-state index in [0.717, 1.165) is 30.0 Å². The van der Waals surface area contributed by atoms with Gasteiger partial charge in [-0.1, -0.05) is 0 Å². The Kier molecular flexibility index (Phi) is 3.52. The molecule has 1 aliphatic rings. The predicted molar refractivity (Wildman–Crippen MR) is 68.1 cm³/mol. The van der Waals surface area contributed by atoms with Crippen LogP contribution in [-0.2, 0) is 6.42 Å². The van der Waals surface area contributed by atoms with Crippen LogP contribution in [0.5, 0.6) is 11.5 Å². The molecule has 2 N–H and O–H groups in total. The third-order valence-corrected chi connectivity index (χ3v) is 2.71. The van der Waals surface area contributed by atoms with E-state index < -0.39 is 0 Å². The number of rotatable bonds is 4. The Hall–Kier alpha value is -1.71. The molecule has 0 radical (unpaired) electrons. The summed E-state index contributed by atoms with van der Waals surface area (Å²) >= 11 is 0. The van der Waals surface area contributed by atoms with Gasteiger partial charge >= 0.3 is 0 Å². The molecule has 1 heterocycles. The van der Waals surface area contributed by atoms with Crippen molar-refractivity contribution in [3.63, 3.8) is 0 Å². The van der Waals surface area contributed by atoms with E-state index in [1.807, 2.05) is 26.0 Å². The molecular formula is C13H18N2O2. The van der Waals surface area contributed by atoms with Crippen LogP contribution in [0.4, 0.5) is 0 Å². The lowest BCUT2D eigenvalue weighted by Gasteiger charge is -2.18. The van der Waals surface area contributed by atoms with Gasteiger partial charge in [0, 0.05) is 12.1 Å². The number of hydrogen-bond donors (Lipinski definition) is 1. The van der Waals surface area contributed by atoms with E-state index >= 15 is 0 Å². The molecule has 4 heteroatoms. The molecule has 0 saturated carbocycles. The smallest absolute Gasteiger partial charge is 0.161 e. The number of ether oxygens (including phenoxy) is 2. The minimum atomic E-state index is 0.593. The van der Waals surface area contributed by atoms with Gasteiger partial charge in [-0.3, -0.25) is 4.99 Å². The summed E-state index contributed by atoms with van der Waals surface area (Å²) in [4.78, 5) is 4.25. The zero-order valence-corrected chi connectivity index (χ0v) is 10.3. The van der Waals surface area contributed by atoms with Gasteiger partial charge in [0.25, 0.3) is 0 Å². The first kappa shape index (κ1) is 11.8. The molecule has 0 unspecified atom stereocenters. The molecular weight excluding hydrogens is 216 g/mol. The molecule has 0 atom stereocenters. The van der Waals surface area contributed by atoms with Crippen LogP contribution >= 0.6 is 0 Å². The number of nitrogens with zero attached hydrogens (tertiary/aromatic N) is 1. The van der Waals surface area contributed by atoms with E-state index in [1.54, 1.807) is 0 Å². The second-order valence-electron chi connectivity index (χ2n) is 3.84. The molecule has 0 saturated heterocycles. The zero-order valence-electron chi connectivity index (χ0n) is 10.3. The highest BCUT2D eigenvalue weighted by molar-refractivity contribution is 6.00. The van der Waals surface area contributed by atoms with Crippen molar-refractivity contribution >= 4 is 5.84 Å². The Morgan fingerprint density at radius 2 is 1.82 bits per heavy atom. The van der Waals surface area contributed by atoms with E-state index in [2.05, 4.69) is 4.99 Å². The van der Waals surface area contributed by atoms with Crippen LogP contribution < -0.4 is 15.2 Å². The van der Waals surface area contributed by atoms with Gasteiger partial charge in [0.1, 0.15) is 5.84 Å². The van der Waals surface area contributed by atoms with Crippen molar-refractivity contribution < 1.29 is 9.47 Å². The first-order chi connectivity index (χ1) is 8.26. The van der Waals surface area contributed by atoms with E-state index in [9.17, 15) is 0 Å². The standard InChI is InChI=1S/C13H18N2O2/c1-3-16-11-7-9-5-6-15-13(14)10(9)8-12(11)17-4-2/h7-8H,3-6H2,1-2H3,(H2,14,15). The third-order valence-electron chi connectivity index (χ3n) is 2.71. The molecule has 0 aromatic heterocycles. The quantitative estimate of drug-likeness (QED) is 0.863. The predicted octanol–water partition coefficient (Wildman–Crippen LogP) is 1.75. The first-order valence-corrected chi connectivity index (χ1v) is 5.99. The van der Waals surface area contributed by atoms with E-state index in [4.69, 9.17) is 15.2 Å². The molecule has 0 spiro atoms. The second kappa shape index (κ2) is 5.08. The van der Waals surface area contributed by atoms with E-state index in [-0.39, 0.29) is 0 Å². The number of hydrogen-bond acceptors (Lipinski definition) is 4. The van der Waals surface area contributed by atoms with Crippen LogP contribution in [0, 0.1) is 0 Å². The highest BCUT2D eigenvalue weighted by atomic mass is 16.5. The van der Waals surface area contributed by atoms with Crippen molar-refractivity contribution in [3.8, 4) is 11.5 Å². The minimum Gasteiger partial charge on any atom is -0.490 e. The number of aliphatic imine (C=N–C) groups is 1. The van der Waals surface area contributed by atoms with Gasteiger partial charge in [-0.05, 0) is 38.0 Å². The number of amidine groups is 1. The lowest BCUT2D eigenvalue weighted by atomic mass is 10.0. The molecule has 0 aliphatic carbocycles. The lowest BCUT2D eigenvalue weighted by Crippen LogP contribution is -2.21. The lowest BCUT2D eigenvalue weighted by molar-refractivity contribution is 0.287.